The van der Waals surface area contributed by atoms with Crippen LogP contribution in [0.5, 0.6) is 0 Å². The average molecular weight is 648 g/mol. The van der Waals surface area contributed by atoms with E-state index < -0.39 is 5.95 Å². The van der Waals surface area contributed by atoms with E-state index in [-0.39, 0.29) is 5.91 Å². The monoisotopic (exact) mass is 648 g/mol. The number of pyridine rings is 1. The highest BCUT2D eigenvalue weighted by molar-refractivity contribution is 14.1. The molecule has 1 saturated heterocycles. The van der Waals surface area contributed by atoms with Gasteiger partial charge in [0.25, 0.3) is 5.91 Å². The van der Waals surface area contributed by atoms with Crippen LogP contribution in [0, 0.1) is 13.1 Å². The molecule has 154 valence electrons. The minimum Gasteiger partial charge on any atom is -0.356 e. The van der Waals surface area contributed by atoms with Gasteiger partial charge in [-0.05, 0) is 64.1 Å². The smallest absolute Gasteiger partial charge is 0.272 e. The van der Waals surface area contributed by atoms with Crippen molar-refractivity contribution in [3.8, 4) is 10.6 Å². The highest BCUT2D eigenvalue weighted by Gasteiger charge is 2.32. The zero-order valence-electron chi connectivity index (χ0n) is 15.6. The first-order chi connectivity index (χ1) is 14.5. The summed E-state index contributed by atoms with van der Waals surface area (Å²) in [6.45, 7) is 2.25. The van der Waals surface area contributed by atoms with Crippen LogP contribution in [0.1, 0.15) is 28.2 Å². The van der Waals surface area contributed by atoms with E-state index in [1.807, 2.05) is 0 Å². The van der Waals surface area contributed by atoms with Gasteiger partial charge < -0.3 is 4.90 Å². The zero-order chi connectivity index (χ0) is 20.8. The van der Waals surface area contributed by atoms with Gasteiger partial charge in [0.15, 0.2) is 0 Å². The molecule has 1 fully saturated rings. The third-order valence-electron chi connectivity index (χ3n) is 5.10. The Labute approximate surface area is 203 Å². The number of rotatable bonds is 3. The van der Waals surface area contributed by atoms with Crippen molar-refractivity contribution in [2.45, 2.75) is 19.3 Å². The Kier molecular flexibility index (Phi) is 5.60. The normalized spacial score (nSPS) is 16.3. The quantitative estimate of drug-likeness (QED) is 0.314. The number of hydrogen-bond donors (Lipinski definition) is 0. The van der Waals surface area contributed by atoms with E-state index in [2.05, 4.69) is 70.0 Å². The van der Waals surface area contributed by atoms with Crippen molar-refractivity contribution in [3.63, 3.8) is 0 Å². The standard InChI is InChI=1S/C19H15FI2N6OS/c20-15-11(7-12(22)16(26-15)27-4-1-2-5-27)17-25-13-3-6-28(18(29)14(13)30-17)19-23-8-10(21)9-24-19/h7-9H,1-6H2. The van der Waals surface area contributed by atoms with Crippen molar-refractivity contribution in [2.75, 3.05) is 29.4 Å². The SMILES string of the molecule is O=C1c2sc(-c3cc(I)c(N4CCCC4)nc3F)nc2CCN1c1ncc(I)cn1. The summed E-state index contributed by atoms with van der Waals surface area (Å²) in [5, 5.41) is 0.481. The topological polar surface area (TPSA) is 75.1 Å². The summed E-state index contributed by atoms with van der Waals surface area (Å²) in [5.41, 5.74) is 1.03. The Bertz CT molecular complexity index is 1130. The van der Waals surface area contributed by atoms with Gasteiger partial charge in [0.1, 0.15) is 15.7 Å². The van der Waals surface area contributed by atoms with Gasteiger partial charge in [0.05, 0.1) is 14.8 Å². The van der Waals surface area contributed by atoms with Crippen LogP contribution in [0.2, 0.25) is 0 Å². The summed E-state index contributed by atoms with van der Waals surface area (Å²) in [6.07, 6.45) is 6.13. The number of halogens is 3. The number of carbonyl (C=O) groups is 1. The summed E-state index contributed by atoms with van der Waals surface area (Å²) in [4.78, 5) is 34.5. The van der Waals surface area contributed by atoms with Crippen LogP contribution < -0.4 is 9.80 Å². The molecule has 0 bridgehead atoms. The molecule has 0 aromatic carbocycles. The summed E-state index contributed by atoms with van der Waals surface area (Å²) in [6, 6.07) is 1.78. The first-order valence-electron chi connectivity index (χ1n) is 9.42. The number of aromatic nitrogens is 4. The van der Waals surface area contributed by atoms with Crippen molar-refractivity contribution < 1.29 is 9.18 Å². The van der Waals surface area contributed by atoms with E-state index in [1.54, 1.807) is 23.4 Å². The van der Waals surface area contributed by atoms with Crippen molar-refractivity contribution in [2.24, 2.45) is 0 Å². The maximum absolute atomic E-state index is 14.9. The Morgan fingerprint density at radius 1 is 1.07 bits per heavy atom. The van der Waals surface area contributed by atoms with Gasteiger partial charge in [-0.2, -0.15) is 4.39 Å². The lowest BCUT2D eigenvalue weighted by Crippen LogP contribution is -2.38. The first-order valence-corrected chi connectivity index (χ1v) is 12.4. The van der Waals surface area contributed by atoms with Crippen molar-refractivity contribution in [1.29, 1.82) is 0 Å². The number of anilines is 2. The maximum Gasteiger partial charge on any atom is 0.272 e. The first kappa shape index (κ1) is 20.4. The highest BCUT2D eigenvalue weighted by Crippen LogP contribution is 2.36. The fraction of sp³-hybridized carbons (Fsp3) is 0.316. The molecule has 0 unspecified atom stereocenters. The molecule has 0 atom stereocenters. The van der Waals surface area contributed by atoms with Gasteiger partial charge in [-0.1, -0.05) is 0 Å². The van der Waals surface area contributed by atoms with Gasteiger partial charge in [-0.15, -0.1) is 11.3 Å². The number of fused-ring (bicyclic) bond motifs is 1. The minimum absolute atomic E-state index is 0.196. The van der Waals surface area contributed by atoms with Gasteiger partial charge in [0, 0.05) is 42.0 Å². The van der Waals surface area contributed by atoms with Crippen LogP contribution >= 0.6 is 56.5 Å². The molecule has 11 heteroatoms. The molecule has 2 aliphatic heterocycles. The molecule has 0 N–H and O–H groups in total. The molecule has 0 aliphatic carbocycles. The van der Waals surface area contributed by atoms with Crippen LogP contribution in [0.25, 0.3) is 10.6 Å². The van der Waals surface area contributed by atoms with Crippen LogP contribution in [0.15, 0.2) is 18.5 Å². The fourth-order valence-electron chi connectivity index (χ4n) is 3.64. The lowest BCUT2D eigenvalue weighted by atomic mass is 10.2. The number of amides is 1. The van der Waals surface area contributed by atoms with E-state index >= 15 is 0 Å². The molecule has 5 rings (SSSR count). The molecule has 30 heavy (non-hydrogen) atoms. The molecule has 3 aromatic heterocycles. The number of nitrogens with zero attached hydrogens (tertiary/aromatic N) is 6. The summed E-state index contributed by atoms with van der Waals surface area (Å²) in [7, 11) is 0. The molecule has 7 nitrogen and oxygen atoms in total. The number of carbonyl (C=O) groups excluding carboxylic acids is 1. The van der Waals surface area contributed by atoms with Crippen LogP contribution in [-0.4, -0.2) is 45.5 Å². The number of hydrogen-bond acceptors (Lipinski definition) is 7. The lowest BCUT2D eigenvalue weighted by Gasteiger charge is -2.23. The summed E-state index contributed by atoms with van der Waals surface area (Å²) >= 11 is 5.52. The molecule has 1 amide bonds. The van der Waals surface area contributed by atoms with E-state index in [1.165, 1.54) is 11.3 Å². The lowest BCUT2D eigenvalue weighted by molar-refractivity contribution is 0.0982. The number of thiazole rings is 1. The molecule has 5 heterocycles. The Morgan fingerprint density at radius 2 is 1.80 bits per heavy atom. The summed E-state index contributed by atoms with van der Waals surface area (Å²) in [5.74, 6) is 0.318. The van der Waals surface area contributed by atoms with Crippen molar-refractivity contribution in [3.05, 3.63) is 42.1 Å². The molecule has 0 radical (unpaired) electrons. The van der Waals surface area contributed by atoms with E-state index in [4.69, 9.17) is 0 Å². The molecular weight excluding hydrogens is 633 g/mol. The van der Waals surface area contributed by atoms with Gasteiger partial charge >= 0.3 is 0 Å². The minimum atomic E-state index is -0.548. The Hall–Kier alpha value is -1.48. The van der Waals surface area contributed by atoms with Crippen LogP contribution in [0.4, 0.5) is 16.2 Å². The highest BCUT2D eigenvalue weighted by atomic mass is 127. The zero-order valence-corrected chi connectivity index (χ0v) is 20.7. The molecule has 0 saturated carbocycles. The van der Waals surface area contributed by atoms with Crippen molar-refractivity contribution in [1.82, 2.24) is 19.9 Å². The van der Waals surface area contributed by atoms with Crippen LogP contribution in [-0.2, 0) is 6.42 Å². The Morgan fingerprint density at radius 3 is 2.53 bits per heavy atom. The van der Waals surface area contributed by atoms with Crippen LogP contribution in [0.3, 0.4) is 0 Å². The summed E-state index contributed by atoms with van der Waals surface area (Å²) < 4.78 is 16.7. The average Bonchev–Trinajstić information content (AvgIpc) is 3.41. The Balaban J connectivity index is 1.47. The predicted molar refractivity (Wildman–Crippen MR) is 130 cm³/mol. The predicted octanol–water partition coefficient (Wildman–Crippen LogP) is 4.15. The largest absolute Gasteiger partial charge is 0.356 e. The maximum atomic E-state index is 14.9. The van der Waals surface area contributed by atoms with E-state index in [0.29, 0.717) is 45.9 Å². The van der Waals surface area contributed by atoms with E-state index in [9.17, 15) is 9.18 Å². The second kappa shape index (κ2) is 8.22. The molecule has 3 aromatic rings. The van der Waals surface area contributed by atoms with Gasteiger partial charge in [0.2, 0.25) is 11.9 Å². The van der Waals surface area contributed by atoms with E-state index in [0.717, 1.165) is 33.1 Å². The molecule has 0 spiro atoms. The third kappa shape index (κ3) is 3.68. The van der Waals surface area contributed by atoms with Gasteiger partial charge in [-0.25, -0.2) is 19.9 Å². The molecular formula is C19H15FI2N6OS. The fourth-order valence-corrected chi connectivity index (χ4v) is 5.76. The molecule has 2 aliphatic rings. The third-order valence-corrected chi connectivity index (χ3v) is 7.57. The second-order valence-electron chi connectivity index (χ2n) is 7.03. The second-order valence-corrected chi connectivity index (χ2v) is 10.4. The van der Waals surface area contributed by atoms with Crippen molar-refractivity contribution >= 4 is 74.2 Å². The van der Waals surface area contributed by atoms with Gasteiger partial charge in [-0.3, -0.25) is 9.69 Å².